The molecule has 30 heavy (non-hydrogen) atoms. The molecule has 6 heteroatoms. The Labute approximate surface area is 181 Å². The highest BCUT2D eigenvalue weighted by Crippen LogP contribution is 2.44. The predicted molar refractivity (Wildman–Crippen MR) is 119 cm³/mol. The standard InChI is InChI=1S/C24H26N2O3S/c27-22(28)14-8-7-13-21-23-20(17-30-21)25(15-18-9-3-1-4-10-18)24(29)26(23)16-19-11-5-2-6-12-19/h1-6,9-12,17,21,23H,7-8,13-16H2,(H,27,28)/t21-,23-/m0/s1. The lowest BCUT2D eigenvalue weighted by atomic mass is 10.0. The number of hydrogen-bond donors (Lipinski definition) is 1. The van der Waals surface area contributed by atoms with Crippen LogP contribution in [-0.2, 0) is 17.9 Å². The van der Waals surface area contributed by atoms with Gasteiger partial charge in [0.2, 0.25) is 0 Å². The lowest BCUT2D eigenvalue weighted by Gasteiger charge is -2.27. The van der Waals surface area contributed by atoms with Crippen molar-refractivity contribution in [1.82, 2.24) is 9.80 Å². The van der Waals surface area contributed by atoms with Crippen molar-refractivity contribution in [3.63, 3.8) is 0 Å². The maximum atomic E-state index is 13.4. The molecule has 1 fully saturated rings. The minimum atomic E-state index is -0.747. The second-order valence-electron chi connectivity index (χ2n) is 7.77. The maximum Gasteiger partial charge on any atom is 0.325 e. The first-order chi connectivity index (χ1) is 14.6. The smallest absolute Gasteiger partial charge is 0.325 e. The van der Waals surface area contributed by atoms with E-state index in [1.807, 2.05) is 58.3 Å². The molecule has 0 saturated carbocycles. The Bertz CT molecular complexity index is 917. The van der Waals surface area contributed by atoms with Crippen LogP contribution in [0.5, 0.6) is 0 Å². The van der Waals surface area contributed by atoms with Crippen LogP contribution >= 0.6 is 11.8 Å². The zero-order chi connectivity index (χ0) is 20.9. The quantitative estimate of drug-likeness (QED) is 0.572. The van der Waals surface area contributed by atoms with E-state index in [2.05, 4.69) is 17.5 Å². The first-order valence-corrected chi connectivity index (χ1v) is 11.3. The number of carbonyl (C=O) groups excluding carboxylic acids is 1. The van der Waals surface area contributed by atoms with Crippen molar-refractivity contribution in [2.75, 3.05) is 0 Å². The molecule has 2 aromatic carbocycles. The minimum absolute atomic E-state index is 0.0382. The summed E-state index contributed by atoms with van der Waals surface area (Å²) in [4.78, 5) is 28.1. The van der Waals surface area contributed by atoms with Crippen LogP contribution in [0, 0.1) is 0 Å². The Hall–Kier alpha value is -2.73. The summed E-state index contributed by atoms with van der Waals surface area (Å²) in [5.41, 5.74) is 3.31. The molecular formula is C24H26N2O3S. The molecular weight excluding hydrogens is 396 g/mol. The molecule has 1 saturated heterocycles. The fourth-order valence-corrected chi connectivity index (χ4v) is 5.50. The third kappa shape index (κ3) is 4.54. The highest BCUT2D eigenvalue weighted by molar-refractivity contribution is 8.03. The number of aliphatic carboxylic acids is 1. The number of carboxylic acid groups (broad SMARTS) is 1. The molecule has 2 atom stereocenters. The van der Waals surface area contributed by atoms with Gasteiger partial charge in [-0.2, -0.15) is 0 Å². The molecule has 0 aromatic heterocycles. The van der Waals surface area contributed by atoms with Gasteiger partial charge in [0, 0.05) is 18.2 Å². The summed E-state index contributed by atoms with van der Waals surface area (Å²) in [6.07, 6.45) is 2.64. The van der Waals surface area contributed by atoms with E-state index in [0.29, 0.717) is 19.5 Å². The topological polar surface area (TPSA) is 60.9 Å². The second kappa shape index (κ2) is 9.39. The summed E-state index contributed by atoms with van der Waals surface area (Å²) in [7, 11) is 0. The molecule has 156 valence electrons. The van der Waals surface area contributed by atoms with Crippen LogP contribution in [0.2, 0.25) is 0 Å². The van der Waals surface area contributed by atoms with Crippen molar-refractivity contribution in [1.29, 1.82) is 0 Å². The summed E-state index contributed by atoms with van der Waals surface area (Å²) >= 11 is 1.78. The van der Waals surface area contributed by atoms with Gasteiger partial charge in [-0.25, -0.2) is 4.79 Å². The van der Waals surface area contributed by atoms with Crippen LogP contribution in [0.3, 0.4) is 0 Å². The van der Waals surface area contributed by atoms with E-state index >= 15 is 0 Å². The second-order valence-corrected chi connectivity index (χ2v) is 8.88. The first-order valence-electron chi connectivity index (χ1n) is 10.4. The van der Waals surface area contributed by atoms with Gasteiger partial charge in [-0.3, -0.25) is 9.69 Å². The van der Waals surface area contributed by atoms with Crippen LogP contribution in [-0.4, -0.2) is 38.2 Å². The molecule has 2 aliphatic rings. The molecule has 5 nitrogen and oxygen atoms in total. The number of rotatable bonds is 9. The number of unbranched alkanes of at least 4 members (excludes halogenated alkanes) is 1. The highest BCUT2D eigenvalue weighted by atomic mass is 32.2. The largest absolute Gasteiger partial charge is 0.481 e. The monoisotopic (exact) mass is 422 g/mol. The van der Waals surface area contributed by atoms with Gasteiger partial charge < -0.3 is 10.0 Å². The van der Waals surface area contributed by atoms with Crippen molar-refractivity contribution < 1.29 is 14.7 Å². The minimum Gasteiger partial charge on any atom is -0.481 e. The van der Waals surface area contributed by atoms with Crippen molar-refractivity contribution in [2.45, 2.75) is 50.1 Å². The predicted octanol–water partition coefficient (Wildman–Crippen LogP) is 5.09. The Morgan fingerprint density at radius 3 is 2.20 bits per heavy atom. The van der Waals surface area contributed by atoms with Crippen molar-refractivity contribution in [3.05, 3.63) is 82.9 Å². The van der Waals surface area contributed by atoms with Crippen LogP contribution in [0.15, 0.2) is 71.8 Å². The fraction of sp³-hybridized carbons (Fsp3) is 0.333. The van der Waals surface area contributed by atoms with E-state index in [9.17, 15) is 9.59 Å². The summed E-state index contributed by atoms with van der Waals surface area (Å²) in [5.74, 6) is -0.747. The van der Waals surface area contributed by atoms with Gasteiger partial charge in [0.05, 0.1) is 18.3 Å². The maximum absolute atomic E-state index is 13.4. The molecule has 1 N–H and O–H groups in total. The van der Waals surface area contributed by atoms with Crippen LogP contribution in [0.4, 0.5) is 4.79 Å². The number of urea groups is 1. The van der Waals surface area contributed by atoms with Crippen molar-refractivity contribution in [2.24, 2.45) is 0 Å². The van der Waals surface area contributed by atoms with Gasteiger partial charge in [0.15, 0.2) is 0 Å². The average Bonchev–Trinajstić information content (AvgIpc) is 3.27. The summed E-state index contributed by atoms with van der Waals surface area (Å²) < 4.78 is 0. The molecule has 2 aromatic rings. The number of amides is 2. The van der Waals surface area contributed by atoms with Crippen LogP contribution in [0.1, 0.15) is 36.8 Å². The van der Waals surface area contributed by atoms with Gasteiger partial charge in [0.1, 0.15) is 0 Å². The number of benzene rings is 2. The molecule has 0 bridgehead atoms. The van der Waals surface area contributed by atoms with Crippen molar-refractivity contribution >= 4 is 23.8 Å². The summed E-state index contributed by atoms with van der Waals surface area (Å²) in [6, 6.07) is 20.3. The molecule has 0 unspecified atom stereocenters. The number of thioether (sulfide) groups is 1. The molecule has 0 aliphatic carbocycles. The molecule has 2 heterocycles. The number of nitrogens with zero attached hydrogens (tertiary/aromatic N) is 2. The number of carboxylic acids is 1. The lowest BCUT2D eigenvalue weighted by molar-refractivity contribution is -0.137. The number of hydrogen-bond acceptors (Lipinski definition) is 3. The van der Waals surface area contributed by atoms with Crippen LogP contribution in [0.25, 0.3) is 0 Å². The number of carbonyl (C=O) groups is 2. The van der Waals surface area contributed by atoms with E-state index in [1.54, 1.807) is 11.8 Å². The number of fused-ring (bicyclic) bond motifs is 1. The van der Waals surface area contributed by atoms with E-state index in [0.717, 1.165) is 29.7 Å². The zero-order valence-electron chi connectivity index (χ0n) is 16.8. The van der Waals surface area contributed by atoms with Gasteiger partial charge in [0.25, 0.3) is 0 Å². The Morgan fingerprint density at radius 2 is 1.57 bits per heavy atom. The molecule has 4 rings (SSSR count). The van der Waals surface area contributed by atoms with E-state index in [4.69, 9.17) is 5.11 Å². The first kappa shape index (κ1) is 20.5. The highest BCUT2D eigenvalue weighted by Gasteiger charge is 2.48. The molecule has 2 amide bonds. The SMILES string of the molecule is O=C(O)CCCC[C@@H]1SC=C2[C@@H]1N(Cc1ccccc1)C(=O)N2Cc1ccccc1. The van der Waals surface area contributed by atoms with E-state index in [1.165, 1.54) is 0 Å². The van der Waals surface area contributed by atoms with Gasteiger partial charge in [-0.1, -0.05) is 67.1 Å². The Morgan fingerprint density at radius 1 is 0.933 bits per heavy atom. The molecule has 0 radical (unpaired) electrons. The summed E-state index contributed by atoms with van der Waals surface area (Å²) in [5, 5.41) is 11.3. The Balaban J connectivity index is 1.52. The van der Waals surface area contributed by atoms with E-state index in [-0.39, 0.29) is 23.7 Å². The Kier molecular flexibility index (Phi) is 6.43. The molecule has 0 spiro atoms. The zero-order valence-corrected chi connectivity index (χ0v) is 17.6. The van der Waals surface area contributed by atoms with E-state index < -0.39 is 5.97 Å². The van der Waals surface area contributed by atoms with Gasteiger partial charge in [-0.15, -0.1) is 11.8 Å². The van der Waals surface area contributed by atoms with Crippen LogP contribution < -0.4 is 0 Å². The average molecular weight is 423 g/mol. The third-order valence-electron chi connectivity index (χ3n) is 5.65. The fourth-order valence-electron chi connectivity index (χ4n) is 4.18. The van der Waals surface area contributed by atoms with Gasteiger partial charge in [-0.05, 0) is 29.4 Å². The normalized spacial score (nSPS) is 20.4. The molecule has 2 aliphatic heterocycles. The van der Waals surface area contributed by atoms with Crippen molar-refractivity contribution in [3.8, 4) is 0 Å². The van der Waals surface area contributed by atoms with Gasteiger partial charge >= 0.3 is 12.0 Å². The summed E-state index contributed by atoms with van der Waals surface area (Å²) in [6.45, 7) is 1.15. The third-order valence-corrected chi connectivity index (χ3v) is 6.87. The lowest BCUT2D eigenvalue weighted by Crippen LogP contribution is -2.38.